The summed E-state index contributed by atoms with van der Waals surface area (Å²) in [6.45, 7) is 0. The van der Waals surface area contributed by atoms with Crippen LogP contribution in [0.25, 0.3) is 10.9 Å². The summed E-state index contributed by atoms with van der Waals surface area (Å²) in [6, 6.07) is 7.28. The first-order valence-electron chi connectivity index (χ1n) is 5.21. The maximum absolute atomic E-state index is 11.8. The van der Waals surface area contributed by atoms with E-state index < -0.39 is 6.10 Å². The van der Waals surface area contributed by atoms with E-state index in [2.05, 4.69) is 10.3 Å². The molecule has 1 aromatic heterocycles. The summed E-state index contributed by atoms with van der Waals surface area (Å²) in [5.74, 6) is -0.319. The lowest BCUT2D eigenvalue weighted by Crippen LogP contribution is -2.20. The minimum atomic E-state index is -0.830. The molecule has 1 unspecified atom stereocenters. The van der Waals surface area contributed by atoms with Crippen LogP contribution in [0.4, 0.5) is 0 Å². The molecule has 1 saturated heterocycles. The topological polar surface area (TPSA) is 51.2 Å². The Hall–Kier alpha value is -1.72. The minimum absolute atomic E-state index is 0.0639. The highest BCUT2D eigenvalue weighted by molar-refractivity contribution is 7.80. The van der Waals surface area contributed by atoms with Crippen LogP contribution in [-0.2, 0) is 9.53 Å². The summed E-state index contributed by atoms with van der Waals surface area (Å²) in [6.07, 6.45) is 0.816. The average Bonchev–Trinajstić information content (AvgIpc) is 2.68. The molecule has 90 valence electrons. The average molecular weight is 279 g/mol. The van der Waals surface area contributed by atoms with Gasteiger partial charge in [-0.3, -0.25) is 15.1 Å². The predicted octanol–water partition coefficient (Wildman–Crippen LogP) is 2.36. The maximum Gasteiger partial charge on any atom is 0.273 e. The van der Waals surface area contributed by atoms with Crippen molar-refractivity contribution in [3.05, 3.63) is 41.0 Å². The monoisotopic (exact) mass is 278 g/mol. The molecule has 3 rings (SSSR count). The molecule has 0 radical (unpaired) electrons. The van der Waals surface area contributed by atoms with Gasteiger partial charge in [-0.2, -0.15) is 0 Å². The Morgan fingerprint density at radius 1 is 1.39 bits per heavy atom. The number of benzene rings is 1. The summed E-state index contributed by atoms with van der Waals surface area (Å²) in [7, 11) is 0. The van der Waals surface area contributed by atoms with Gasteiger partial charge in [0.25, 0.3) is 11.1 Å². The number of hydrogen-bond donors (Lipinski definition) is 1. The van der Waals surface area contributed by atoms with Crippen molar-refractivity contribution >= 4 is 45.8 Å². The highest BCUT2D eigenvalue weighted by Gasteiger charge is 2.34. The van der Waals surface area contributed by atoms with Crippen LogP contribution in [0.1, 0.15) is 11.7 Å². The second-order valence-electron chi connectivity index (χ2n) is 3.81. The van der Waals surface area contributed by atoms with Gasteiger partial charge in [0.1, 0.15) is 0 Å². The quantitative estimate of drug-likeness (QED) is 0.814. The number of nitrogens with one attached hydrogen (secondary N) is 1. The molecule has 6 heteroatoms. The fourth-order valence-corrected chi connectivity index (χ4v) is 2.39. The number of ether oxygens (including phenoxy) is 1. The second kappa shape index (κ2) is 4.19. The normalized spacial score (nSPS) is 18.8. The van der Waals surface area contributed by atoms with Gasteiger partial charge in [0, 0.05) is 17.1 Å². The molecule has 2 heterocycles. The van der Waals surface area contributed by atoms with E-state index in [1.807, 2.05) is 18.2 Å². The Morgan fingerprint density at radius 2 is 2.22 bits per heavy atom. The molecule has 1 atom stereocenters. The molecule has 1 aliphatic rings. The molecule has 0 spiro atoms. The van der Waals surface area contributed by atoms with Gasteiger partial charge in [-0.15, -0.1) is 0 Å². The largest absolute Gasteiger partial charge is 0.452 e. The Morgan fingerprint density at radius 3 is 2.94 bits per heavy atom. The molecule has 1 N–H and O–H groups in total. The smallest absolute Gasteiger partial charge is 0.273 e. The number of carbonyl (C=O) groups is 1. The van der Waals surface area contributed by atoms with Crippen molar-refractivity contribution in [2.75, 3.05) is 0 Å². The van der Waals surface area contributed by atoms with Crippen molar-refractivity contribution in [2.45, 2.75) is 6.10 Å². The van der Waals surface area contributed by atoms with E-state index in [9.17, 15) is 4.79 Å². The van der Waals surface area contributed by atoms with Gasteiger partial charge in [-0.1, -0.05) is 23.7 Å². The Bertz CT molecular complexity index is 674. The first-order chi connectivity index (χ1) is 8.66. The zero-order valence-electron chi connectivity index (χ0n) is 9.01. The molecule has 1 aromatic carbocycles. The van der Waals surface area contributed by atoms with Crippen LogP contribution in [0.5, 0.6) is 0 Å². The summed E-state index contributed by atoms with van der Waals surface area (Å²) >= 11 is 11.0. The number of carbonyl (C=O) groups excluding carboxylic acids is 1. The summed E-state index contributed by atoms with van der Waals surface area (Å²) in [5, 5.41) is 3.84. The zero-order chi connectivity index (χ0) is 12.7. The highest BCUT2D eigenvalue weighted by atomic mass is 35.5. The summed E-state index contributed by atoms with van der Waals surface area (Å²) in [5.41, 5.74) is 1.20. The maximum atomic E-state index is 11.8. The number of pyridine rings is 1. The second-order valence-corrected chi connectivity index (χ2v) is 4.59. The van der Waals surface area contributed by atoms with Crippen LogP contribution in [0.3, 0.4) is 0 Å². The van der Waals surface area contributed by atoms with Crippen LogP contribution in [0, 0.1) is 0 Å². The third-order valence-electron chi connectivity index (χ3n) is 2.71. The Labute approximate surface area is 113 Å². The molecule has 1 aliphatic heterocycles. The first-order valence-corrected chi connectivity index (χ1v) is 6.00. The number of halogens is 1. The summed E-state index contributed by atoms with van der Waals surface area (Å²) in [4.78, 5) is 16.0. The van der Waals surface area contributed by atoms with E-state index in [-0.39, 0.29) is 11.1 Å². The third-order valence-corrected chi connectivity index (χ3v) is 3.24. The van der Waals surface area contributed by atoms with E-state index in [1.54, 1.807) is 12.3 Å². The van der Waals surface area contributed by atoms with E-state index in [1.165, 1.54) is 0 Å². The molecule has 1 amide bonds. The van der Waals surface area contributed by atoms with Crippen molar-refractivity contribution in [1.82, 2.24) is 10.3 Å². The number of aromatic nitrogens is 1. The number of fused-ring (bicyclic) bond motifs is 1. The lowest BCUT2D eigenvalue weighted by atomic mass is 10.0. The van der Waals surface area contributed by atoms with E-state index in [0.717, 1.165) is 5.39 Å². The van der Waals surface area contributed by atoms with Crippen LogP contribution < -0.4 is 5.32 Å². The fourth-order valence-electron chi connectivity index (χ4n) is 1.94. The highest BCUT2D eigenvalue weighted by Crippen LogP contribution is 2.33. The standard InChI is InChI=1S/C12H7ClN2O2S/c13-7-4-3-6-2-1-5-14-9(6)8(7)10-11(16)15-12(18)17-10/h1-5,10H,(H,15,16,18). The molecule has 18 heavy (non-hydrogen) atoms. The van der Waals surface area contributed by atoms with E-state index in [0.29, 0.717) is 16.1 Å². The van der Waals surface area contributed by atoms with Crippen LogP contribution in [0.15, 0.2) is 30.5 Å². The minimum Gasteiger partial charge on any atom is -0.452 e. The van der Waals surface area contributed by atoms with Crippen molar-refractivity contribution in [3.8, 4) is 0 Å². The number of hydrogen-bond acceptors (Lipinski definition) is 4. The van der Waals surface area contributed by atoms with E-state index >= 15 is 0 Å². The van der Waals surface area contributed by atoms with Crippen LogP contribution in [0.2, 0.25) is 5.02 Å². The number of amides is 1. The van der Waals surface area contributed by atoms with Gasteiger partial charge >= 0.3 is 0 Å². The van der Waals surface area contributed by atoms with Crippen LogP contribution >= 0.6 is 23.8 Å². The molecule has 0 aliphatic carbocycles. The number of nitrogens with zero attached hydrogens (tertiary/aromatic N) is 1. The molecule has 0 saturated carbocycles. The van der Waals surface area contributed by atoms with Gasteiger partial charge < -0.3 is 4.74 Å². The van der Waals surface area contributed by atoms with Gasteiger partial charge in [0.2, 0.25) is 6.10 Å². The van der Waals surface area contributed by atoms with Crippen molar-refractivity contribution in [3.63, 3.8) is 0 Å². The van der Waals surface area contributed by atoms with Gasteiger partial charge in [0.05, 0.1) is 10.5 Å². The third kappa shape index (κ3) is 1.72. The lowest BCUT2D eigenvalue weighted by molar-refractivity contribution is -0.123. The fraction of sp³-hybridized carbons (Fsp3) is 0.0833. The van der Waals surface area contributed by atoms with Gasteiger partial charge in [-0.05, 0) is 24.4 Å². The molecule has 1 fully saturated rings. The Kier molecular flexibility index (Phi) is 2.65. The van der Waals surface area contributed by atoms with Crippen molar-refractivity contribution < 1.29 is 9.53 Å². The van der Waals surface area contributed by atoms with Gasteiger partial charge in [-0.25, -0.2) is 0 Å². The SMILES string of the molecule is O=C1NC(=S)OC1c1c(Cl)ccc2cccnc12. The molecule has 2 aromatic rings. The van der Waals surface area contributed by atoms with E-state index in [4.69, 9.17) is 28.6 Å². The lowest BCUT2D eigenvalue weighted by Gasteiger charge is -2.11. The van der Waals surface area contributed by atoms with Gasteiger partial charge in [0.15, 0.2) is 0 Å². The zero-order valence-corrected chi connectivity index (χ0v) is 10.6. The van der Waals surface area contributed by atoms with Crippen LogP contribution in [-0.4, -0.2) is 16.1 Å². The molecular formula is C12H7ClN2O2S. The molecular weight excluding hydrogens is 272 g/mol. The number of thiocarbonyl (C=S) groups is 1. The molecule has 0 bridgehead atoms. The number of rotatable bonds is 1. The van der Waals surface area contributed by atoms with Crippen molar-refractivity contribution in [2.24, 2.45) is 0 Å². The predicted molar refractivity (Wildman–Crippen MR) is 71.3 cm³/mol. The molecule has 4 nitrogen and oxygen atoms in total. The van der Waals surface area contributed by atoms with Crippen molar-refractivity contribution in [1.29, 1.82) is 0 Å². The summed E-state index contributed by atoms with van der Waals surface area (Å²) < 4.78 is 5.29. The first kappa shape index (κ1) is 11.4. The Balaban J connectivity index is 2.25.